The van der Waals surface area contributed by atoms with Crippen LogP contribution in [0.1, 0.15) is 26.7 Å². The first-order valence-electron chi connectivity index (χ1n) is 5.93. The molecule has 0 amide bonds. The molecular formula is C12H24O4. The first kappa shape index (κ1) is 13.9. The van der Waals surface area contributed by atoms with E-state index in [1.165, 1.54) is 0 Å². The van der Waals surface area contributed by atoms with Crippen molar-refractivity contribution >= 4 is 0 Å². The fourth-order valence-corrected chi connectivity index (χ4v) is 2.44. The van der Waals surface area contributed by atoms with Crippen molar-refractivity contribution < 1.29 is 18.9 Å². The van der Waals surface area contributed by atoms with Gasteiger partial charge in [0.1, 0.15) is 6.10 Å². The van der Waals surface area contributed by atoms with Crippen LogP contribution in [0.2, 0.25) is 0 Å². The molecule has 0 bridgehead atoms. The lowest BCUT2D eigenvalue weighted by molar-refractivity contribution is -0.286. The molecule has 0 aliphatic carbocycles. The first-order valence-corrected chi connectivity index (χ1v) is 5.93. The summed E-state index contributed by atoms with van der Waals surface area (Å²) in [6.45, 7) is 4.30. The van der Waals surface area contributed by atoms with Gasteiger partial charge in [-0.1, -0.05) is 20.3 Å². The van der Waals surface area contributed by atoms with E-state index in [1.54, 1.807) is 21.3 Å². The van der Waals surface area contributed by atoms with Gasteiger partial charge in [-0.2, -0.15) is 0 Å². The highest BCUT2D eigenvalue weighted by Crippen LogP contribution is 2.31. The maximum atomic E-state index is 5.90. The van der Waals surface area contributed by atoms with E-state index >= 15 is 0 Å². The average Bonchev–Trinajstić information content (AvgIpc) is 2.31. The molecule has 4 heteroatoms. The lowest BCUT2D eigenvalue weighted by Crippen LogP contribution is -2.55. The Labute approximate surface area is 98.2 Å². The maximum absolute atomic E-state index is 5.90. The van der Waals surface area contributed by atoms with Crippen LogP contribution in [-0.4, -0.2) is 45.9 Å². The highest BCUT2D eigenvalue weighted by atomic mass is 16.7. The van der Waals surface area contributed by atoms with Gasteiger partial charge in [-0.25, -0.2) is 0 Å². The summed E-state index contributed by atoms with van der Waals surface area (Å²) < 4.78 is 22.2. The van der Waals surface area contributed by atoms with Crippen LogP contribution >= 0.6 is 0 Å². The third kappa shape index (κ3) is 2.74. The summed E-state index contributed by atoms with van der Waals surface area (Å²) in [7, 11) is 5.02. The van der Waals surface area contributed by atoms with Crippen LogP contribution in [0.25, 0.3) is 0 Å². The van der Waals surface area contributed by atoms with Crippen LogP contribution in [0.4, 0.5) is 0 Å². The summed E-state index contributed by atoms with van der Waals surface area (Å²) in [6.07, 6.45) is 1.85. The van der Waals surface area contributed by atoms with E-state index in [0.717, 1.165) is 12.8 Å². The van der Waals surface area contributed by atoms with Gasteiger partial charge in [-0.3, -0.25) is 0 Å². The zero-order valence-electron chi connectivity index (χ0n) is 10.9. The Morgan fingerprint density at radius 2 is 1.62 bits per heavy atom. The van der Waals surface area contributed by atoms with Gasteiger partial charge in [0, 0.05) is 27.2 Å². The van der Waals surface area contributed by atoms with E-state index in [2.05, 4.69) is 13.8 Å². The molecule has 0 aromatic carbocycles. The zero-order chi connectivity index (χ0) is 12.1. The van der Waals surface area contributed by atoms with Gasteiger partial charge in [-0.15, -0.1) is 0 Å². The van der Waals surface area contributed by atoms with Crippen molar-refractivity contribution in [2.45, 2.75) is 51.3 Å². The number of hydrogen-bond acceptors (Lipinski definition) is 4. The van der Waals surface area contributed by atoms with Crippen molar-refractivity contribution in [1.82, 2.24) is 0 Å². The van der Waals surface area contributed by atoms with Crippen LogP contribution < -0.4 is 0 Å². The zero-order valence-corrected chi connectivity index (χ0v) is 10.9. The fraction of sp³-hybridized carbons (Fsp3) is 1.00. The minimum atomic E-state index is -0.331. The van der Waals surface area contributed by atoms with Crippen LogP contribution in [0.3, 0.4) is 0 Å². The quantitative estimate of drug-likeness (QED) is 0.724. The molecule has 0 N–H and O–H groups in total. The van der Waals surface area contributed by atoms with Crippen LogP contribution in [0.5, 0.6) is 0 Å². The predicted octanol–water partition coefficient (Wildman–Crippen LogP) is 1.82. The molecule has 0 saturated carbocycles. The normalized spacial score (nSPS) is 39.9. The standard InChI is InChI=1S/C12H24O4/c1-6-7-9-8(2)10(13-3)11(14-4)12(15-5)16-9/h8-12H,6-7H2,1-5H3. The molecule has 1 aliphatic rings. The summed E-state index contributed by atoms with van der Waals surface area (Å²) in [5.74, 6) is 0.321. The molecular weight excluding hydrogens is 208 g/mol. The molecule has 1 aliphatic heterocycles. The van der Waals surface area contributed by atoms with Gasteiger partial charge in [0.2, 0.25) is 0 Å². The third-order valence-electron chi connectivity index (χ3n) is 3.36. The molecule has 1 saturated heterocycles. The summed E-state index contributed by atoms with van der Waals surface area (Å²) in [6, 6.07) is 0. The topological polar surface area (TPSA) is 36.9 Å². The van der Waals surface area contributed by atoms with Crippen molar-refractivity contribution in [2.75, 3.05) is 21.3 Å². The number of ether oxygens (including phenoxy) is 4. The Morgan fingerprint density at radius 1 is 1.00 bits per heavy atom. The molecule has 0 radical (unpaired) electrons. The van der Waals surface area contributed by atoms with Gasteiger partial charge in [0.15, 0.2) is 6.29 Å². The minimum absolute atomic E-state index is 0.0280. The summed E-state index contributed by atoms with van der Waals surface area (Å²) in [5.41, 5.74) is 0. The van der Waals surface area contributed by atoms with E-state index in [0.29, 0.717) is 5.92 Å². The molecule has 16 heavy (non-hydrogen) atoms. The van der Waals surface area contributed by atoms with Crippen LogP contribution in [0, 0.1) is 5.92 Å². The van der Waals surface area contributed by atoms with Crippen LogP contribution in [0.15, 0.2) is 0 Å². The molecule has 1 heterocycles. The molecule has 4 nitrogen and oxygen atoms in total. The number of rotatable bonds is 5. The van der Waals surface area contributed by atoms with Gasteiger partial charge in [0.25, 0.3) is 0 Å². The molecule has 96 valence electrons. The fourth-order valence-electron chi connectivity index (χ4n) is 2.44. The van der Waals surface area contributed by atoms with E-state index < -0.39 is 0 Å². The van der Waals surface area contributed by atoms with Crippen LogP contribution in [-0.2, 0) is 18.9 Å². The molecule has 0 aromatic heterocycles. The molecule has 1 fully saturated rings. The minimum Gasteiger partial charge on any atom is -0.378 e. The molecule has 5 unspecified atom stereocenters. The molecule has 0 spiro atoms. The van der Waals surface area contributed by atoms with Gasteiger partial charge in [-0.05, 0) is 6.42 Å². The molecule has 0 aromatic rings. The Hall–Kier alpha value is -0.160. The van der Waals surface area contributed by atoms with Gasteiger partial charge in [0.05, 0.1) is 12.2 Å². The van der Waals surface area contributed by atoms with Gasteiger partial charge >= 0.3 is 0 Å². The second kappa shape index (κ2) is 6.55. The summed E-state index contributed by atoms with van der Waals surface area (Å²) in [4.78, 5) is 0. The second-order valence-corrected chi connectivity index (χ2v) is 4.33. The Bertz CT molecular complexity index is 197. The van der Waals surface area contributed by atoms with E-state index in [9.17, 15) is 0 Å². The second-order valence-electron chi connectivity index (χ2n) is 4.33. The number of methoxy groups -OCH3 is 3. The van der Waals surface area contributed by atoms with Gasteiger partial charge < -0.3 is 18.9 Å². The highest BCUT2D eigenvalue weighted by Gasteiger charge is 2.44. The SMILES string of the molecule is CCCC1OC(OC)C(OC)C(OC)C1C. The highest BCUT2D eigenvalue weighted by molar-refractivity contribution is 4.88. The first-order chi connectivity index (χ1) is 7.69. The lowest BCUT2D eigenvalue weighted by atomic mass is 9.88. The van der Waals surface area contributed by atoms with E-state index in [1.807, 2.05) is 0 Å². The van der Waals surface area contributed by atoms with E-state index in [-0.39, 0.29) is 24.6 Å². The van der Waals surface area contributed by atoms with Crippen molar-refractivity contribution in [2.24, 2.45) is 5.92 Å². The Morgan fingerprint density at radius 3 is 2.06 bits per heavy atom. The average molecular weight is 232 g/mol. The third-order valence-corrected chi connectivity index (χ3v) is 3.36. The summed E-state index contributed by atoms with van der Waals surface area (Å²) in [5, 5.41) is 0. The van der Waals surface area contributed by atoms with E-state index in [4.69, 9.17) is 18.9 Å². The van der Waals surface area contributed by atoms with Crippen molar-refractivity contribution in [3.8, 4) is 0 Å². The molecule has 1 rings (SSSR count). The Balaban J connectivity index is 2.76. The lowest BCUT2D eigenvalue weighted by Gasteiger charge is -2.43. The smallest absolute Gasteiger partial charge is 0.186 e. The largest absolute Gasteiger partial charge is 0.378 e. The predicted molar refractivity (Wildman–Crippen MR) is 61.3 cm³/mol. The maximum Gasteiger partial charge on any atom is 0.186 e. The van der Waals surface area contributed by atoms with Crippen molar-refractivity contribution in [3.63, 3.8) is 0 Å². The summed E-state index contributed by atoms with van der Waals surface area (Å²) >= 11 is 0. The van der Waals surface area contributed by atoms with Crippen molar-refractivity contribution in [1.29, 1.82) is 0 Å². The van der Waals surface area contributed by atoms with Crippen molar-refractivity contribution in [3.05, 3.63) is 0 Å². The molecule has 5 atom stereocenters. The monoisotopic (exact) mass is 232 g/mol. The number of hydrogen-bond donors (Lipinski definition) is 0. The Kier molecular flexibility index (Phi) is 5.69.